The van der Waals surface area contributed by atoms with Crippen LogP contribution in [0.5, 0.6) is 0 Å². The summed E-state index contributed by atoms with van der Waals surface area (Å²) in [6, 6.07) is 5.11. The Labute approximate surface area is 129 Å². The molecule has 0 spiro atoms. The Bertz CT molecular complexity index is 462. The minimum absolute atomic E-state index is 0.212. The lowest BCUT2D eigenvalue weighted by Gasteiger charge is -2.43. The number of halogens is 2. The average molecular weight is 343 g/mol. The second kappa shape index (κ2) is 6.54. The van der Waals surface area contributed by atoms with E-state index in [-0.39, 0.29) is 11.9 Å². The molecule has 2 nitrogen and oxygen atoms in total. The predicted octanol–water partition coefficient (Wildman–Crippen LogP) is 4.18. The van der Waals surface area contributed by atoms with Gasteiger partial charge in [-0.05, 0) is 48.3 Å². The van der Waals surface area contributed by atoms with Crippen molar-refractivity contribution in [1.29, 1.82) is 0 Å². The fraction of sp³-hybridized carbons (Fsp3) is 0.625. The van der Waals surface area contributed by atoms with E-state index < -0.39 is 0 Å². The Balaban J connectivity index is 2.15. The summed E-state index contributed by atoms with van der Waals surface area (Å²) in [5.41, 5.74) is 4.42. The molecule has 0 aromatic heterocycles. The number of hydrazine groups is 1. The second-order valence-electron chi connectivity index (χ2n) is 6.55. The summed E-state index contributed by atoms with van der Waals surface area (Å²) in [5, 5.41) is 0. The zero-order valence-electron chi connectivity index (χ0n) is 12.3. The summed E-state index contributed by atoms with van der Waals surface area (Å²) >= 11 is 3.45. The molecule has 2 rings (SSSR count). The highest BCUT2D eigenvalue weighted by Gasteiger charge is 2.37. The second-order valence-corrected chi connectivity index (χ2v) is 7.41. The lowest BCUT2D eigenvalue weighted by Crippen LogP contribution is -2.48. The van der Waals surface area contributed by atoms with Crippen molar-refractivity contribution in [3.8, 4) is 0 Å². The van der Waals surface area contributed by atoms with Crippen molar-refractivity contribution in [1.82, 2.24) is 5.43 Å². The van der Waals surface area contributed by atoms with E-state index in [1.54, 1.807) is 0 Å². The third kappa shape index (κ3) is 3.60. The van der Waals surface area contributed by atoms with Gasteiger partial charge in [0.1, 0.15) is 5.82 Å². The molecule has 1 aromatic carbocycles. The van der Waals surface area contributed by atoms with Crippen molar-refractivity contribution in [3.05, 3.63) is 34.1 Å². The highest BCUT2D eigenvalue weighted by atomic mass is 79.9. The van der Waals surface area contributed by atoms with Crippen molar-refractivity contribution < 1.29 is 4.39 Å². The highest BCUT2D eigenvalue weighted by Crippen LogP contribution is 2.43. The van der Waals surface area contributed by atoms with Gasteiger partial charge in [0.15, 0.2) is 0 Å². The van der Waals surface area contributed by atoms with Crippen LogP contribution >= 0.6 is 15.9 Å². The molecule has 1 aromatic rings. The summed E-state index contributed by atoms with van der Waals surface area (Å²) in [7, 11) is 0. The monoisotopic (exact) mass is 342 g/mol. The van der Waals surface area contributed by atoms with Gasteiger partial charge in [-0.25, -0.2) is 4.39 Å². The molecule has 1 fully saturated rings. The number of nitrogens with one attached hydrogen (secondary N) is 1. The maximum atomic E-state index is 13.2. The molecule has 1 aliphatic carbocycles. The van der Waals surface area contributed by atoms with E-state index in [4.69, 9.17) is 5.84 Å². The van der Waals surface area contributed by atoms with Crippen LogP contribution in [-0.2, 0) is 6.42 Å². The van der Waals surface area contributed by atoms with Crippen LogP contribution in [-0.4, -0.2) is 6.04 Å². The average Bonchev–Trinajstić information content (AvgIpc) is 2.38. The predicted molar refractivity (Wildman–Crippen MR) is 84.7 cm³/mol. The van der Waals surface area contributed by atoms with Gasteiger partial charge in [0.2, 0.25) is 0 Å². The summed E-state index contributed by atoms with van der Waals surface area (Å²) in [6.45, 7) is 4.67. The smallest absolute Gasteiger partial charge is 0.124 e. The lowest BCUT2D eigenvalue weighted by atomic mass is 9.65. The Morgan fingerprint density at radius 3 is 2.80 bits per heavy atom. The van der Waals surface area contributed by atoms with Crippen LogP contribution in [0.15, 0.2) is 22.7 Å². The molecule has 2 unspecified atom stereocenters. The molecule has 0 bridgehead atoms. The summed E-state index contributed by atoms with van der Waals surface area (Å²) in [6.07, 6.45) is 5.87. The molecule has 4 heteroatoms. The van der Waals surface area contributed by atoms with Crippen LogP contribution in [0.2, 0.25) is 0 Å². The van der Waals surface area contributed by atoms with Gasteiger partial charge in [0.05, 0.1) is 0 Å². The maximum Gasteiger partial charge on any atom is 0.124 e. The largest absolute Gasteiger partial charge is 0.271 e. The Hall–Kier alpha value is -0.450. The molecule has 0 saturated heterocycles. The standard InChI is InChI=1S/C16H24BrFN2/c1-16(2)8-4-3-5-13(16)15(20-19)9-11-6-7-12(18)10-14(11)17/h6-7,10,13,15,20H,3-5,8-9,19H2,1-2H3. The molecule has 1 saturated carbocycles. The number of hydrogen-bond acceptors (Lipinski definition) is 2. The first kappa shape index (κ1) is 15.9. The molecular weight excluding hydrogens is 319 g/mol. The van der Waals surface area contributed by atoms with Crippen molar-refractivity contribution in [2.24, 2.45) is 17.2 Å². The highest BCUT2D eigenvalue weighted by molar-refractivity contribution is 9.10. The summed E-state index contributed by atoms with van der Waals surface area (Å²) < 4.78 is 14.0. The molecule has 0 radical (unpaired) electrons. The fourth-order valence-electron chi connectivity index (χ4n) is 3.51. The topological polar surface area (TPSA) is 38.0 Å². The molecule has 112 valence electrons. The van der Waals surface area contributed by atoms with Crippen molar-refractivity contribution in [2.45, 2.75) is 52.0 Å². The third-order valence-corrected chi connectivity index (χ3v) is 5.48. The molecule has 0 heterocycles. The normalized spacial score (nSPS) is 23.6. The van der Waals surface area contributed by atoms with E-state index in [9.17, 15) is 4.39 Å². The van der Waals surface area contributed by atoms with Crippen molar-refractivity contribution >= 4 is 15.9 Å². The fourth-order valence-corrected chi connectivity index (χ4v) is 4.02. The summed E-state index contributed by atoms with van der Waals surface area (Å²) in [4.78, 5) is 0. The number of benzene rings is 1. The van der Waals surface area contributed by atoms with Gasteiger partial charge in [-0.15, -0.1) is 0 Å². The molecule has 2 atom stereocenters. The molecule has 0 amide bonds. The Kier molecular flexibility index (Phi) is 5.21. The first-order valence-electron chi connectivity index (χ1n) is 7.34. The minimum Gasteiger partial charge on any atom is -0.271 e. The SMILES string of the molecule is CC1(C)CCCCC1C(Cc1ccc(F)cc1Br)NN. The quantitative estimate of drug-likeness (QED) is 0.636. The third-order valence-electron chi connectivity index (χ3n) is 4.74. The van der Waals surface area contributed by atoms with Crippen LogP contribution in [0.25, 0.3) is 0 Å². The van der Waals surface area contributed by atoms with E-state index in [1.807, 2.05) is 6.07 Å². The van der Waals surface area contributed by atoms with E-state index in [0.29, 0.717) is 11.3 Å². The lowest BCUT2D eigenvalue weighted by molar-refractivity contribution is 0.0981. The van der Waals surface area contributed by atoms with E-state index in [2.05, 4.69) is 35.2 Å². The van der Waals surface area contributed by atoms with Crippen LogP contribution in [0.1, 0.15) is 45.1 Å². The maximum absolute atomic E-state index is 13.2. The van der Waals surface area contributed by atoms with Gasteiger partial charge in [-0.1, -0.05) is 48.7 Å². The van der Waals surface area contributed by atoms with E-state index in [0.717, 1.165) is 16.5 Å². The molecular formula is C16H24BrFN2. The number of hydrogen-bond donors (Lipinski definition) is 2. The van der Waals surface area contributed by atoms with E-state index in [1.165, 1.54) is 37.8 Å². The molecule has 20 heavy (non-hydrogen) atoms. The Morgan fingerprint density at radius 1 is 1.45 bits per heavy atom. The molecule has 3 N–H and O–H groups in total. The Morgan fingerprint density at radius 2 is 2.20 bits per heavy atom. The van der Waals surface area contributed by atoms with Crippen LogP contribution < -0.4 is 11.3 Å². The van der Waals surface area contributed by atoms with Gasteiger partial charge >= 0.3 is 0 Å². The van der Waals surface area contributed by atoms with Crippen LogP contribution in [0, 0.1) is 17.2 Å². The first-order chi connectivity index (χ1) is 9.44. The van der Waals surface area contributed by atoms with E-state index >= 15 is 0 Å². The van der Waals surface area contributed by atoms with Crippen molar-refractivity contribution in [2.75, 3.05) is 0 Å². The van der Waals surface area contributed by atoms with Gasteiger partial charge in [0, 0.05) is 10.5 Å². The minimum atomic E-state index is -0.212. The van der Waals surface area contributed by atoms with Gasteiger partial charge in [-0.2, -0.15) is 0 Å². The number of rotatable bonds is 4. The first-order valence-corrected chi connectivity index (χ1v) is 8.13. The van der Waals surface area contributed by atoms with Crippen LogP contribution in [0.4, 0.5) is 4.39 Å². The van der Waals surface area contributed by atoms with Gasteiger partial charge < -0.3 is 0 Å². The van der Waals surface area contributed by atoms with Gasteiger partial charge in [-0.3, -0.25) is 11.3 Å². The molecule has 1 aliphatic rings. The van der Waals surface area contributed by atoms with Gasteiger partial charge in [0.25, 0.3) is 0 Å². The zero-order chi connectivity index (χ0) is 14.8. The zero-order valence-corrected chi connectivity index (χ0v) is 13.8. The number of nitrogens with two attached hydrogens (primary N) is 1. The summed E-state index contributed by atoms with van der Waals surface area (Å²) in [5.74, 6) is 6.15. The van der Waals surface area contributed by atoms with Crippen LogP contribution in [0.3, 0.4) is 0 Å². The van der Waals surface area contributed by atoms with Crippen molar-refractivity contribution in [3.63, 3.8) is 0 Å². The molecule has 0 aliphatic heterocycles.